The molecule has 0 aliphatic heterocycles. The van der Waals surface area contributed by atoms with Crippen molar-refractivity contribution >= 4 is 39.3 Å². The Balaban J connectivity index is 2.21. The molecular weight excluding hydrogens is 306 g/mol. The monoisotopic (exact) mass is 319 g/mol. The molecule has 0 aliphatic carbocycles. The van der Waals surface area contributed by atoms with Crippen LogP contribution in [0.5, 0.6) is 0 Å². The molecule has 4 heteroatoms. The molecule has 0 saturated carbocycles. The second-order valence-corrected chi connectivity index (χ2v) is 5.70. The Morgan fingerprint density at radius 2 is 2.31 bits per heavy atom. The minimum atomic E-state index is 0.764. The van der Waals surface area contributed by atoms with Gasteiger partial charge in [0.25, 0.3) is 0 Å². The fourth-order valence-corrected chi connectivity index (χ4v) is 2.27. The summed E-state index contributed by atoms with van der Waals surface area (Å²) in [6.07, 6.45) is 1.93. The largest absolute Gasteiger partial charge is 0.312 e. The van der Waals surface area contributed by atoms with Crippen LogP contribution in [0.4, 0.5) is 0 Å². The van der Waals surface area contributed by atoms with Crippen LogP contribution >= 0.6 is 39.3 Å². The predicted molar refractivity (Wildman–Crippen MR) is 78.4 cm³/mol. The molecule has 0 saturated heterocycles. The maximum absolute atomic E-state index is 6.01. The fourth-order valence-electron chi connectivity index (χ4n) is 1.19. The summed E-state index contributed by atoms with van der Waals surface area (Å²) in [5, 5.41) is 4.14. The van der Waals surface area contributed by atoms with E-state index >= 15 is 0 Å². The molecule has 0 spiro atoms. The highest BCUT2D eigenvalue weighted by atomic mass is 79.9. The summed E-state index contributed by atoms with van der Waals surface area (Å²) in [4.78, 5) is 0. The lowest BCUT2D eigenvalue weighted by Gasteiger charge is -2.05. The lowest BCUT2D eigenvalue weighted by molar-refractivity contribution is 0.732. The van der Waals surface area contributed by atoms with Crippen molar-refractivity contribution in [2.45, 2.75) is 6.54 Å². The Morgan fingerprint density at radius 1 is 1.50 bits per heavy atom. The Bertz CT molecular complexity index is 344. The minimum Gasteiger partial charge on any atom is -0.312 e. The Kier molecular flexibility index (Phi) is 7.21. The molecule has 1 nitrogen and oxygen atoms in total. The van der Waals surface area contributed by atoms with Crippen molar-refractivity contribution in [1.29, 1.82) is 0 Å². The summed E-state index contributed by atoms with van der Waals surface area (Å²) in [5.74, 6) is 2.13. The number of rotatable bonds is 7. The summed E-state index contributed by atoms with van der Waals surface area (Å²) in [5.41, 5.74) is 1.21. The molecule has 1 aromatic rings. The van der Waals surface area contributed by atoms with Crippen LogP contribution in [-0.2, 0) is 6.54 Å². The Morgan fingerprint density at radius 3 is 3.00 bits per heavy atom. The normalized spacial score (nSPS) is 10.4. The number of hydrogen-bond acceptors (Lipinski definition) is 2. The molecule has 0 aromatic heterocycles. The Labute approximate surface area is 115 Å². The van der Waals surface area contributed by atoms with Crippen LogP contribution in [0.15, 0.2) is 35.3 Å². The highest BCUT2D eigenvalue weighted by Crippen LogP contribution is 2.22. The summed E-state index contributed by atoms with van der Waals surface area (Å²) in [6.45, 7) is 5.55. The van der Waals surface area contributed by atoms with Crippen LogP contribution < -0.4 is 5.32 Å². The van der Waals surface area contributed by atoms with E-state index in [4.69, 9.17) is 11.6 Å². The van der Waals surface area contributed by atoms with Gasteiger partial charge in [0.1, 0.15) is 0 Å². The minimum absolute atomic E-state index is 0.764. The quantitative estimate of drug-likeness (QED) is 0.599. The smallest absolute Gasteiger partial charge is 0.0551 e. The van der Waals surface area contributed by atoms with Gasteiger partial charge in [-0.1, -0.05) is 23.7 Å². The molecule has 1 N–H and O–H groups in total. The molecule has 0 unspecified atom stereocenters. The topological polar surface area (TPSA) is 12.0 Å². The molecule has 0 atom stereocenters. The first-order valence-corrected chi connectivity index (χ1v) is 7.40. The average Bonchev–Trinajstić information content (AvgIpc) is 2.28. The number of benzene rings is 1. The van der Waals surface area contributed by atoms with E-state index in [-0.39, 0.29) is 0 Å². The molecule has 1 rings (SSSR count). The molecule has 0 heterocycles. The van der Waals surface area contributed by atoms with Crippen molar-refractivity contribution in [3.63, 3.8) is 0 Å². The first kappa shape index (κ1) is 14.1. The molecular formula is C12H15BrClNS. The second-order valence-electron chi connectivity index (χ2n) is 3.29. The predicted octanol–water partition coefficient (Wildman–Crippen LogP) is 4.11. The fraction of sp³-hybridized carbons (Fsp3) is 0.333. The summed E-state index contributed by atoms with van der Waals surface area (Å²) < 4.78 is 0.944. The van der Waals surface area contributed by atoms with Gasteiger partial charge < -0.3 is 5.32 Å². The number of halogens is 2. The van der Waals surface area contributed by atoms with Gasteiger partial charge in [0.2, 0.25) is 0 Å². The van der Waals surface area contributed by atoms with Gasteiger partial charge in [-0.15, -0.1) is 6.58 Å². The molecule has 0 bridgehead atoms. The zero-order valence-electron chi connectivity index (χ0n) is 9.01. The van der Waals surface area contributed by atoms with E-state index in [9.17, 15) is 0 Å². The van der Waals surface area contributed by atoms with Crippen molar-refractivity contribution in [2.75, 3.05) is 18.1 Å². The van der Waals surface area contributed by atoms with Crippen LogP contribution in [0.25, 0.3) is 0 Å². The Hall–Kier alpha value is 0.0400. The third-order valence-electron chi connectivity index (χ3n) is 1.97. The van der Waals surface area contributed by atoms with E-state index in [0.717, 1.165) is 34.1 Å². The molecule has 0 aliphatic rings. The number of nitrogens with one attached hydrogen (secondary N) is 1. The van der Waals surface area contributed by atoms with Crippen LogP contribution in [0.3, 0.4) is 0 Å². The van der Waals surface area contributed by atoms with Gasteiger partial charge in [-0.2, -0.15) is 11.8 Å². The van der Waals surface area contributed by atoms with E-state index in [1.165, 1.54) is 5.56 Å². The number of hydrogen-bond donors (Lipinski definition) is 1. The molecule has 88 valence electrons. The highest BCUT2D eigenvalue weighted by molar-refractivity contribution is 9.10. The van der Waals surface area contributed by atoms with Gasteiger partial charge in [-0.3, -0.25) is 0 Å². The maximum Gasteiger partial charge on any atom is 0.0551 e. The molecule has 0 radical (unpaired) electrons. The van der Waals surface area contributed by atoms with Crippen LogP contribution in [0.1, 0.15) is 5.56 Å². The van der Waals surface area contributed by atoms with E-state index in [2.05, 4.69) is 33.9 Å². The van der Waals surface area contributed by atoms with Crippen LogP contribution in [-0.4, -0.2) is 18.1 Å². The van der Waals surface area contributed by atoms with Gasteiger partial charge >= 0.3 is 0 Å². The molecule has 16 heavy (non-hydrogen) atoms. The maximum atomic E-state index is 6.01. The average molecular weight is 321 g/mol. The van der Waals surface area contributed by atoms with Crippen molar-refractivity contribution in [3.8, 4) is 0 Å². The third kappa shape index (κ3) is 5.39. The summed E-state index contributed by atoms with van der Waals surface area (Å²) in [6, 6.07) is 6.03. The van der Waals surface area contributed by atoms with Gasteiger partial charge in [-0.05, 0) is 33.6 Å². The van der Waals surface area contributed by atoms with Gasteiger partial charge in [0.05, 0.1) is 5.02 Å². The van der Waals surface area contributed by atoms with Gasteiger partial charge in [0, 0.05) is 29.1 Å². The zero-order chi connectivity index (χ0) is 11.8. The summed E-state index contributed by atoms with van der Waals surface area (Å²) in [7, 11) is 0. The molecule has 0 amide bonds. The second kappa shape index (κ2) is 8.18. The van der Waals surface area contributed by atoms with E-state index in [0.29, 0.717) is 0 Å². The van der Waals surface area contributed by atoms with Gasteiger partial charge in [-0.25, -0.2) is 0 Å². The van der Waals surface area contributed by atoms with E-state index < -0.39 is 0 Å². The van der Waals surface area contributed by atoms with Gasteiger partial charge in [0.15, 0.2) is 0 Å². The first-order chi connectivity index (χ1) is 7.74. The summed E-state index contributed by atoms with van der Waals surface area (Å²) >= 11 is 11.3. The van der Waals surface area contributed by atoms with Crippen LogP contribution in [0.2, 0.25) is 5.02 Å². The van der Waals surface area contributed by atoms with Crippen molar-refractivity contribution in [1.82, 2.24) is 5.32 Å². The highest BCUT2D eigenvalue weighted by Gasteiger charge is 1.98. The van der Waals surface area contributed by atoms with E-state index in [1.807, 2.05) is 30.0 Å². The standard InChI is InChI=1S/C12H15BrClNS/c1-2-6-16-7-5-15-9-10-3-4-11(13)12(14)8-10/h2-4,8,15H,1,5-7,9H2. The SMILES string of the molecule is C=CCSCCNCc1ccc(Br)c(Cl)c1. The van der Waals surface area contributed by atoms with Crippen molar-refractivity contribution < 1.29 is 0 Å². The number of thioether (sulfide) groups is 1. The zero-order valence-corrected chi connectivity index (χ0v) is 12.2. The molecule has 1 aromatic carbocycles. The first-order valence-electron chi connectivity index (χ1n) is 5.07. The molecule has 0 fully saturated rings. The third-order valence-corrected chi connectivity index (χ3v) is 4.17. The van der Waals surface area contributed by atoms with Crippen molar-refractivity contribution in [3.05, 3.63) is 45.9 Å². The van der Waals surface area contributed by atoms with Crippen LogP contribution in [0, 0.1) is 0 Å². The van der Waals surface area contributed by atoms with E-state index in [1.54, 1.807) is 0 Å². The lowest BCUT2D eigenvalue weighted by Crippen LogP contribution is -2.16. The lowest BCUT2D eigenvalue weighted by atomic mass is 10.2. The van der Waals surface area contributed by atoms with Crippen molar-refractivity contribution in [2.24, 2.45) is 0 Å².